The van der Waals surface area contributed by atoms with E-state index in [0.717, 1.165) is 40.8 Å². The second kappa shape index (κ2) is 4.34. The van der Waals surface area contributed by atoms with Crippen LogP contribution < -0.4 is 5.32 Å². The highest BCUT2D eigenvalue weighted by Crippen LogP contribution is 2.27. The van der Waals surface area contributed by atoms with Gasteiger partial charge in [-0.3, -0.25) is 0 Å². The molecule has 1 aliphatic heterocycles. The van der Waals surface area contributed by atoms with Crippen LogP contribution >= 0.6 is 15.9 Å². The summed E-state index contributed by atoms with van der Waals surface area (Å²) in [7, 11) is 0. The zero-order valence-electron chi connectivity index (χ0n) is 9.65. The predicted octanol–water partition coefficient (Wildman–Crippen LogP) is 1.82. The zero-order chi connectivity index (χ0) is 11.8. The van der Waals surface area contributed by atoms with Crippen molar-refractivity contribution in [3.63, 3.8) is 0 Å². The van der Waals surface area contributed by atoms with E-state index in [1.165, 1.54) is 6.42 Å². The minimum atomic E-state index is 0.395. The first kappa shape index (κ1) is 11.1. The van der Waals surface area contributed by atoms with Crippen LogP contribution in [0.3, 0.4) is 0 Å². The molecule has 5 nitrogen and oxygen atoms in total. The molecule has 6 heteroatoms. The first-order chi connectivity index (χ1) is 8.27. The van der Waals surface area contributed by atoms with E-state index in [0.29, 0.717) is 6.04 Å². The van der Waals surface area contributed by atoms with Crippen molar-refractivity contribution in [3.05, 3.63) is 16.6 Å². The topological polar surface area (TPSA) is 55.6 Å². The molecule has 1 N–H and O–H groups in total. The van der Waals surface area contributed by atoms with Gasteiger partial charge in [0, 0.05) is 6.54 Å². The fourth-order valence-corrected chi connectivity index (χ4v) is 3.00. The van der Waals surface area contributed by atoms with E-state index in [9.17, 15) is 0 Å². The van der Waals surface area contributed by atoms with E-state index in [-0.39, 0.29) is 0 Å². The van der Waals surface area contributed by atoms with Crippen molar-refractivity contribution in [2.75, 3.05) is 13.1 Å². The largest absolute Gasteiger partial charge is 0.315 e. The van der Waals surface area contributed by atoms with Crippen LogP contribution in [0.15, 0.2) is 10.9 Å². The third-order valence-corrected chi connectivity index (χ3v) is 3.81. The Hall–Kier alpha value is -1.01. The number of fused-ring (bicyclic) bond motifs is 1. The molecule has 0 spiro atoms. The standard InChI is InChI=1S/C11H14BrN5/c1-7-9-10(12)16-17(11(9)15-6-14-7)8-3-2-4-13-5-8/h6,8,13H,2-5H2,1H3/t8-/m1/s1. The molecule has 1 fully saturated rings. The summed E-state index contributed by atoms with van der Waals surface area (Å²) >= 11 is 3.50. The molecule has 0 bridgehead atoms. The molecule has 3 heterocycles. The van der Waals surface area contributed by atoms with Gasteiger partial charge < -0.3 is 5.32 Å². The van der Waals surface area contributed by atoms with Gasteiger partial charge in [-0.2, -0.15) is 5.10 Å². The first-order valence-corrected chi connectivity index (χ1v) is 6.62. The van der Waals surface area contributed by atoms with E-state index in [1.807, 2.05) is 11.6 Å². The molecule has 0 aliphatic carbocycles. The molecule has 0 aromatic carbocycles. The number of halogens is 1. The Morgan fingerprint density at radius 2 is 2.35 bits per heavy atom. The summed E-state index contributed by atoms with van der Waals surface area (Å²) < 4.78 is 2.87. The maximum atomic E-state index is 4.57. The van der Waals surface area contributed by atoms with Crippen molar-refractivity contribution in [2.24, 2.45) is 0 Å². The van der Waals surface area contributed by atoms with E-state index < -0.39 is 0 Å². The molecule has 3 rings (SSSR count). The van der Waals surface area contributed by atoms with Crippen molar-refractivity contribution in [2.45, 2.75) is 25.8 Å². The molecule has 1 saturated heterocycles. The Labute approximate surface area is 108 Å². The number of hydrogen-bond donors (Lipinski definition) is 1. The number of piperidine rings is 1. The summed E-state index contributed by atoms with van der Waals surface area (Å²) in [5.41, 5.74) is 1.90. The van der Waals surface area contributed by atoms with Crippen molar-refractivity contribution in [3.8, 4) is 0 Å². The smallest absolute Gasteiger partial charge is 0.162 e. The minimum absolute atomic E-state index is 0.395. The van der Waals surface area contributed by atoms with Crippen molar-refractivity contribution >= 4 is 27.0 Å². The molecule has 1 atom stereocenters. The Morgan fingerprint density at radius 1 is 1.47 bits per heavy atom. The summed E-state index contributed by atoms with van der Waals surface area (Å²) in [6.07, 6.45) is 3.95. The maximum absolute atomic E-state index is 4.57. The van der Waals surface area contributed by atoms with Gasteiger partial charge in [0.15, 0.2) is 5.65 Å². The fraction of sp³-hybridized carbons (Fsp3) is 0.545. The molecule has 0 unspecified atom stereocenters. The normalized spacial score (nSPS) is 20.9. The highest BCUT2D eigenvalue weighted by molar-refractivity contribution is 9.10. The molecular weight excluding hydrogens is 282 g/mol. The monoisotopic (exact) mass is 295 g/mol. The minimum Gasteiger partial charge on any atom is -0.315 e. The molecule has 1 aliphatic rings. The van der Waals surface area contributed by atoms with Crippen LogP contribution in [-0.4, -0.2) is 32.8 Å². The van der Waals surface area contributed by atoms with Crippen LogP contribution in [0.1, 0.15) is 24.6 Å². The average Bonchev–Trinajstić information content (AvgIpc) is 2.69. The Kier molecular flexibility index (Phi) is 2.84. The van der Waals surface area contributed by atoms with E-state index >= 15 is 0 Å². The Morgan fingerprint density at radius 3 is 3.12 bits per heavy atom. The van der Waals surface area contributed by atoms with E-state index in [4.69, 9.17) is 0 Å². The van der Waals surface area contributed by atoms with Crippen LogP contribution in [-0.2, 0) is 0 Å². The summed E-state index contributed by atoms with van der Waals surface area (Å²) in [5.74, 6) is 0. The van der Waals surface area contributed by atoms with E-state index in [2.05, 4.69) is 36.3 Å². The van der Waals surface area contributed by atoms with Gasteiger partial charge in [-0.25, -0.2) is 14.6 Å². The molecule has 17 heavy (non-hydrogen) atoms. The van der Waals surface area contributed by atoms with Crippen molar-refractivity contribution in [1.82, 2.24) is 25.1 Å². The Bertz CT molecular complexity index is 544. The fourth-order valence-electron chi connectivity index (χ4n) is 2.37. The van der Waals surface area contributed by atoms with Gasteiger partial charge in [-0.05, 0) is 42.2 Å². The molecule has 0 amide bonds. The number of rotatable bonds is 1. The number of aryl methyl sites for hydroxylation is 1. The molecular formula is C11H14BrN5. The van der Waals surface area contributed by atoms with Crippen LogP contribution in [0.25, 0.3) is 11.0 Å². The van der Waals surface area contributed by atoms with Crippen LogP contribution in [0.4, 0.5) is 0 Å². The van der Waals surface area contributed by atoms with Gasteiger partial charge in [-0.15, -0.1) is 0 Å². The lowest BCUT2D eigenvalue weighted by Gasteiger charge is -2.23. The molecule has 2 aromatic heterocycles. The third-order valence-electron chi connectivity index (χ3n) is 3.25. The van der Waals surface area contributed by atoms with Gasteiger partial charge >= 0.3 is 0 Å². The molecule has 0 radical (unpaired) electrons. The van der Waals surface area contributed by atoms with Crippen LogP contribution in [0.5, 0.6) is 0 Å². The summed E-state index contributed by atoms with van der Waals surface area (Å²) in [5, 5.41) is 8.99. The highest BCUT2D eigenvalue weighted by atomic mass is 79.9. The van der Waals surface area contributed by atoms with E-state index in [1.54, 1.807) is 6.33 Å². The molecule has 90 valence electrons. The molecule has 2 aromatic rings. The maximum Gasteiger partial charge on any atom is 0.162 e. The first-order valence-electron chi connectivity index (χ1n) is 5.83. The number of nitrogens with zero attached hydrogens (tertiary/aromatic N) is 4. The summed E-state index contributed by atoms with van der Waals surface area (Å²) in [4.78, 5) is 8.59. The van der Waals surface area contributed by atoms with Gasteiger partial charge in [0.25, 0.3) is 0 Å². The lowest BCUT2D eigenvalue weighted by atomic mass is 10.1. The van der Waals surface area contributed by atoms with Crippen LogP contribution in [0.2, 0.25) is 0 Å². The number of aromatic nitrogens is 4. The third kappa shape index (κ3) is 1.85. The number of hydrogen-bond acceptors (Lipinski definition) is 4. The average molecular weight is 296 g/mol. The molecule has 0 saturated carbocycles. The van der Waals surface area contributed by atoms with Crippen molar-refractivity contribution in [1.29, 1.82) is 0 Å². The van der Waals surface area contributed by atoms with Gasteiger partial charge in [0.2, 0.25) is 0 Å². The Balaban J connectivity index is 2.13. The zero-order valence-corrected chi connectivity index (χ0v) is 11.2. The lowest BCUT2D eigenvalue weighted by molar-refractivity contribution is 0.352. The van der Waals surface area contributed by atoms with Gasteiger partial charge in [0.1, 0.15) is 10.9 Å². The second-order valence-electron chi connectivity index (χ2n) is 4.39. The quantitative estimate of drug-likeness (QED) is 0.872. The van der Waals surface area contributed by atoms with Crippen LogP contribution in [0, 0.1) is 6.92 Å². The lowest BCUT2D eigenvalue weighted by Crippen LogP contribution is -2.32. The highest BCUT2D eigenvalue weighted by Gasteiger charge is 2.21. The number of nitrogens with one attached hydrogen (secondary N) is 1. The SMILES string of the molecule is Cc1ncnc2c1c(Br)nn2[C@@H]1CCCNC1. The predicted molar refractivity (Wildman–Crippen MR) is 68.9 cm³/mol. The van der Waals surface area contributed by atoms with Crippen molar-refractivity contribution < 1.29 is 0 Å². The van der Waals surface area contributed by atoms with Gasteiger partial charge in [0.05, 0.1) is 17.1 Å². The summed E-state index contributed by atoms with van der Waals surface area (Å²) in [6, 6.07) is 0.395. The van der Waals surface area contributed by atoms with Gasteiger partial charge in [-0.1, -0.05) is 0 Å². The second-order valence-corrected chi connectivity index (χ2v) is 5.14. The summed E-state index contributed by atoms with van der Waals surface area (Å²) in [6.45, 7) is 4.05.